The van der Waals surface area contributed by atoms with E-state index in [9.17, 15) is 9.59 Å². The number of hydrogen-bond acceptors (Lipinski definition) is 5. The lowest BCUT2D eigenvalue weighted by atomic mass is 10.2. The average molecular weight is 299 g/mol. The van der Waals surface area contributed by atoms with Crippen molar-refractivity contribution in [2.24, 2.45) is 0 Å². The summed E-state index contributed by atoms with van der Waals surface area (Å²) >= 11 is 1.08. The van der Waals surface area contributed by atoms with Crippen LogP contribution in [-0.4, -0.2) is 29.5 Å². The van der Waals surface area contributed by atoms with Crippen LogP contribution in [0.1, 0.15) is 49.2 Å². The first-order valence-electron chi connectivity index (χ1n) is 6.78. The molecule has 0 bridgehead atoms. The molecule has 1 aromatic heterocycles. The third-order valence-corrected chi connectivity index (χ3v) is 3.49. The molecule has 0 aromatic carbocycles. The fourth-order valence-corrected chi connectivity index (χ4v) is 2.40. The van der Waals surface area contributed by atoms with Crippen LogP contribution in [0.3, 0.4) is 0 Å². The van der Waals surface area contributed by atoms with Crippen molar-refractivity contribution in [3.8, 4) is 0 Å². The Bertz CT molecular complexity index is 460. The standard InChI is InChI=1S/C13H21N3O3S/c1-4-6-7-8-14-13(18)15-11-10(9(3)16-20-11)12(17)19-5-2/h4-8H2,1-3H3,(H2,14,15,18). The Morgan fingerprint density at radius 3 is 2.70 bits per heavy atom. The Kier molecular flexibility index (Phi) is 7.00. The van der Waals surface area contributed by atoms with Gasteiger partial charge in [-0.3, -0.25) is 5.32 Å². The average Bonchev–Trinajstić information content (AvgIpc) is 2.76. The van der Waals surface area contributed by atoms with Crippen molar-refractivity contribution in [3.63, 3.8) is 0 Å². The second kappa shape index (κ2) is 8.52. The van der Waals surface area contributed by atoms with Crippen LogP contribution in [0.15, 0.2) is 0 Å². The summed E-state index contributed by atoms with van der Waals surface area (Å²) in [5.41, 5.74) is 0.898. The first-order chi connectivity index (χ1) is 9.60. The highest BCUT2D eigenvalue weighted by Gasteiger charge is 2.20. The van der Waals surface area contributed by atoms with Crippen LogP contribution in [0.2, 0.25) is 0 Å². The van der Waals surface area contributed by atoms with Gasteiger partial charge in [0.05, 0.1) is 12.3 Å². The van der Waals surface area contributed by atoms with Gasteiger partial charge in [-0.1, -0.05) is 19.8 Å². The van der Waals surface area contributed by atoms with Crippen LogP contribution in [0.5, 0.6) is 0 Å². The highest BCUT2D eigenvalue weighted by Crippen LogP contribution is 2.25. The fourth-order valence-electron chi connectivity index (χ4n) is 1.62. The molecule has 0 spiro atoms. The first kappa shape index (κ1) is 16.4. The number of nitrogens with zero attached hydrogens (tertiary/aromatic N) is 1. The lowest BCUT2D eigenvalue weighted by molar-refractivity contribution is 0.0527. The molecule has 2 N–H and O–H groups in total. The van der Waals surface area contributed by atoms with Gasteiger partial charge in [-0.25, -0.2) is 9.59 Å². The number of nitrogens with one attached hydrogen (secondary N) is 2. The number of esters is 1. The minimum Gasteiger partial charge on any atom is -0.462 e. The van der Waals surface area contributed by atoms with Crippen LogP contribution in [-0.2, 0) is 4.74 Å². The SMILES string of the molecule is CCCCCNC(=O)Nc1snc(C)c1C(=O)OCC. The maximum absolute atomic E-state index is 11.8. The molecule has 20 heavy (non-hydrogen) atoms. The van der Waals surface area contributed by atoms with Crippen LogP contribution in [0.4, 0.5) is 9.80 Å². The zero-order chi connectivity index (χ0) is 15.0. The molecule has 0 aliphatic heterocycles. The quantitative estimate of drug-likeness (QED) is 0.599. The summed E-state index contributed by atoms with van der Waals surface area (Å²) < 4.78 is 9.04. The molecular formula is C13H21N3O3S. The zero-order valence-corrected chi connectivity index (χ0v) is 12.9. The number of urea groups is 1. The number of anilines is 1. The minimum absolute atomic E-state index is 0.288. The van der Waals surface area contributed by atoms with E-state index in [1.807, 2.05) is 0 Å². The summed E-state index contributed by atoms with van der Waals surface area (Å²) in [7, 11) is 0. The van der Waals surface area contributed by atoms with E-state index in [2.05, 4.69) is 21.9 Å². The summed E-state index contributed by atoms with van der Waals surface area (Å²) in [6.45, 7) is 6.46. The Morgan fingerprint density at radius 1 is 1.30 bits per heavy atom. The van der Waals surface area contributed by atoms with E-state index in [1.54, 1.807) is 13.8 Å². The number of carbonyl (C=O) groups is 2. The molecule has 0 saturated heterocycles. The number of hydrogen-bond donors (Lipinski definition) is 2. The number of rotatable bonds is 7. The topological polar surface area (TPSA) is 80.3 Å². The third-order valence-electron chi connectivity index (χ3n) is 2.64. The lowest BCUT2D eigenvalue weighted by Gasteiger charge is -2.07. The third kappa shape index (κ3) is 4.80. The number of unbranched alkanes of at least 4 members (excludes halogenated alkanes) is 2. The van der Waals surface area contributed by atoms with Crippen molar-refractivity contribution < 1.29 is 14.3 Å². The molecule has 0 fully saturated rings. The first-order valence-corrected chi connectivity index (χ1v) is 7.55. The molecule has 0 unspecified atom stereocenters. The minimum atomic E-state index is -0.458. The van der Waals surface area contributed by atoms with Crippen molar-refractivity contribution in [2.45, 2.75) is 40.0 Å². The highest BCUT2D eigenvalue weighted by atomic mass is 32.1. The molecule has 1 rings (SSSR count). The smallest absolute Gasteiger partial charge is 0.343 e. The number of aryl methyl sites for hydroxylation is 1. The second-order valence-corrected chi connectivity index (χ2v) is 5.05. The molecule has 112 valence electrons. The van der Waals surface area contributed by atoms with Crippen LogP contribution >= 0.6 is 11.5 Å². The van der Waals surface area contributed by atoms with Gasteiger partial charge in [-0.2, -0.15) is 4.37 Å². The Balaban J connectivity index is 2.59. The van der Waals surface area contributed by atoms with Gasteiger partial charge in [0.2, 0.25) is 0 Å². The monoisotopic (exact) mass is 299 g/mol. The molecule has 0 aliphatic rings. The molecule has 0 saturated carbocycles. The van der Waals surface area contributed by atoms with Gasteiger partial charge in [-0.05, 0) is 31.8 Å². The van der Waals surface area contributed by atoms with Crippen LogP contribution < -0.4 is 10.6 Å². The van der Waals surface area contributed by atoms with E-state index in [0.717, 1.165) is 30.8 Å². The second-order valence-electron chi connectivity index (χ2n) is 4.28. The van der Waals surface area contributed by atoms with E-state index < -0.39 is 5.97 Å². The van der Waals surface area contributed by atoms with Crippen molar-refractivity contribution in [3.05, 3.63) is 11.3 Å². The number of ether oxygens (including phenoxy) is 1. The van der Waals surface area contributed by atoms with Gasteiger partial charge < -0.3 is 10.1 Å². The summed E-state index contributed by atoms with van der Waals surface area (Å²) in [5.74, 6) is -0.458. The lowest BCUT2D eigenvalue weighted by Crippen LogP contribution is -2.29. The van der Waals surface area contributed by atoms with Crippen molar-refractivity contribution in [1.82, 2.24) is 9.69 Å². The van der Waals surface area contributed by atoms with E-state index >= 15 is 0 Å². The molecular weight excluding hydrogens is 278 g/mol. The molecule has 7 heteroatoms. The van der Waals surface area contributed by atoms with Gasteiger partial charge in [-0.15, -0.1) is 0 Å². The van der Waals surface area contributed by atoms with Gasteiger partial charge >= 0.3 is 12.0 Å². The Morgan fingerprint density at radius 2 is 2.05 bits per heavy atom. The fraction of sp³-hybridized carbons (Fsp3) is 0.615. The number of carbonyl (C=O) groups excluding carboxylic acids is 2. The molecule has 6 nitrogen and oxygen atoms in total. The van der Waals surface area contributed by atoms with Gasteiger partial charge in [0.1, 0.15) is 10.6 Å². The van der Waals surface area contributed by atoms with Gasteiger partial charge in [0.25, 0.3) is 0 Å². The molecule has 0 aliphatic carbocycles. The predicted molar refractivity (Wildman–Crippen MR) is 79.4 cm³/mol. The maximum Gasteiger partial charge on any atom is 0.343 e. The van der Waals surface area contributed by atoms with Crippen LogP contribution in [0.25, 0.3) is 0 Å². The summed E-state index contributed by atoms with van der Waals surface area (Å²) in [5, 5.41) is 5.83. The van der Waals surface area contributed by atoms with E-state index in [-0.39, 0.29) is 12.6 Å². The molecule has 1 aromatic rings. The van der Waals surface area contributed by atoms with Crippen LogP contribution in [0, 0.1) is 6.92 Å². The predicted octanol–water partition coefficient (Wildman–Crippen LogP) is 2.94. The Hall–Kier alpha value is -1.63. The van der Waals surface area contributed by atoms with Gasteiger partial charge in [0, 0.05) is 6.54 Å². The molecule has 0 atom stereocenters. The van der Waals surface area contributed by atoms with E-state index in [0.29, 0.717) is 22.8 Å². The largest absolute Gasteiger partial charge is 0.462 e. The van der Waals surface area contributed by atoms with Crippen molar-refractivity contribution in [2.75, 3.05) is 18.5 Å². The van der Waals surface area contributed by atoms with E-state index in [4.69, 9.17) is 4.74 Å². The van der Waals surface area contributed by atoms with Gasteiger partial charge in [0.15, 0.2) is 0 Å². The summed E-state index contributed by atoms with van der Waals surface area (Å²) in [6.07, 6.45) is 3.12. The zero-order valence-electron chi connectivity index (χ0n) is 12.1. The van der Waals surface area contributed by atoms with Crippen molar-refractivity contribution in [1.29, 1.82) is 0 Å². The summed E-state index contributed by atoms with van der Waals surface area (Å²) in [4.78, 5) is 23.5. The molecule has 1 heterocycles. The molecule has 0 radical (unpaired) electrons. The van der Waals surface area contributed by atoms with Crippen molar-refractivity contribution >= 4 is 28.5 Å². The number of amides is 2. The highest BCUT2D eigenvalue weighted by molar-refractivity contribution is 7.11. The summed E-state index contributed by atoms with van der Waals surface area (Å²) in [6, 6.07) is -0.324. The Labute approximate surface area is 123 Å². The maximum atomic E-state index is 11.8. The van der Waals surface area contributed by atoms with E-state index in [1.165, 1.54) is 0 Å². The number of aromatic nitrogens is 1. The molecule has 2 amide bonds. The normalized spacial score (nSPS) is 10.2.